The lowest BCUT2D eigenvalue weighted by Crippen LogP contribution is -2.31. The molecule has 1 atom stereocenters. The van der Waals surface area contributed by atoms with Crippen LogP contribution in [0.3, 0.4) is 0 Å². The molecule has 3 heteroatoms. The third kappa shape index (κ3) is 2.50. The first kappa shape index (κ1) is 13.4. The van der Waals surface area contributed by atoms with Gasteiger partial charge in [0.2, 0.25) is 0 Å². The van der Waals surface area contributed by atoms with Crippen molar-refractivity contribution in [1.29, 1.82) is 0 Å². The average molecular weight is 285 g/mol. The lowest BCUT2D eigenvalue weighted by atomic mass is 9.87. The van der Waals surface area contributed by atoms with Crippen LogP contribution in [0, 0.1) is 13.8 Å². The number of carbonyl (C=O) groups excluding carboxylic acids is 1. The molecule has 1 aromatic heterocycles. The number of hydrogen-bond donors (Lipinski definition) is 1. The van der Waals surface area contributed by atoms with Crippen molar-refractivity contribution in [2.75, 3.05) is 0 Å². The van der Waals surface area contributed by atoms with E-state index < -0.39 is 0 Å². The van der Waals surface area contributed by atoms with Gasteiger partial charge in [0, 0.05) is 9.75 Å². The lowest BCUT2D eigenvalue weighted by Gasteiger charge is -2.26. The Hall–Kier alpha value is -1.61. The molecule has 1 amide bonds. The summed E-state index contributed by atoms with van der Waals surface area (Å²) in [6.07, 6.45) is 3.30. The Bertz CT molecular complexity index is 644. The molecule has 1 aromatic carbocycles. The first-order valence-corrected chi connectivity index (χ1v) is 7.92. The molecule has 104 valence electrons. The zero-order chi connectivity index (χ0) is 14.1. The molecule has 0 fully saturated rings. The number of carbonyl (C=O) groups is 1. The van der Waals surface area contributed by atoms with Gasteiger partial charge in [0.1, 0.15) is 0 Å². The SMILES string of the molecule is Cc1cc(C(=O)NC2CCCc3ccccc32)c(C)s1. The van der Waals surface area contributed by atoms with Crippen molar-refractivity contribution in [2.24, 2.45) is 0 Å². The van der Waals surface area contributed by atoms with E-state index in [9.17, 15) is 4.79 Å². The van der Waals surface area contributed by atoms with E-state index in [0.717, 1.165) is 29.7 Å². The maximum Gasteiger partial charge on any atom is 0.252 e. The van der Waals surface area contributed by atoms with Crippen LogP contribution >= 0.6 is 11.3 Å². The Morgan fingerprint density at radius 1 is 1.30 bits per heavy atom. The maximum atomic E-state index is 12.5. The summed E-state index contributed by atoms with van der Waals surface area (Å²) < 4.78 is 0. The second-order valence-corrected chi connectivity index (χ2v) is 6.90. The van der Waals surface area contributed by atoms with Gasteiger partial charge in [-0.2, -0.15) is 0 Å². The van der Waals surface area contributed by atoms with E-state index in [1.165, 1.54) is 16.0 Å². The number of nitrogens with one attached hydrogen (secondary N) is 1. The van der Waals surface area contributed by atoms with Gasteiger partial charge in [-0.3, -0.25) is 4.79 Å². The molecule has 3 rings (SSSR count). The molecule has 0 spiro atoms. The van der Waals surface area contributed by atoms with Gasteiger partial charge in [-0.05, 0) is 50.3 Å². The summed E-state index contributed by atoms with van der Waals surface area (Å²) in [6.45, 7) is 4.06. The van der Waals surface area contributed by atoms with Crippen molar-refractivity contribution in [2.45, 2.75) is 39.2 Å². The maximum absolute atomic E-state index is 12.5. The summed E-state index contributed by atoms with van der Waals surface area (Å²) in [5.41, 5.74) is 3.49. The quantitative estimate of drug-likeness (QED) is 0.881. The number of aryl methyl sites for hydroxylation is 3. The molecular formula is C17H19NOS. The van der Waals surface area contributed by atoms with Gasteiger partial charge in [-0.25, -0.2) is 0 Å². The first-order valence-electron chi connectivity index (χ1n) is 7.11. The molecule has 2 nitrogen and oxygen atoms in total. The second kappa shape index (κ2) is 5.41. The Balaban J connectivity index is 1.82. The Morgan fingerprint density at radius 3 is 2.85 bits per heavy atom. The van der Waals surface area contributed by atoms with Crippen LogP contribution in [0.4, 0.5) is 0 Å². The van der Waals surface area contributed by atoms with E-state index >= 15 is 0 Å². The van der Waals surface area contributed by atoms with Gasteiger partial charge < -0.3 is 5.32 Å². The molecule has 0 saturated carbocycles. The molecule has 1 unspecified atom stereocenters. The van der Waals surface area contributed by atoms with Gasteiger partial charge in [0.05, 0.1) is 11.6 Å². The van der Waals surface area contributed by atoms with Gasteiger partial charge in [-0.1, -0.05) is 24.3 Å². The predicted octanol–water partition coefficient (Wildman–Crippen LogP) is 4.17. The average Bonchev–Trinajstić information content (AvgIpc) is 2.78. The van der Waals surface area contributed by atoms with E-state index in [2.05, 4.69) is 29.6 Å². The molecule has 0 radical (unpaired) electrons. The fraction of sp³-hybridized carbons (Fsp3) is 0.353. The van der Waals surface area contributed by atoms with Gasteiger partial charge in [-0.15, -0.1) is 11.3 Å². The minimum atomic E-state index is 0.0635. The number of amides is 1. The van der Waals surface area contributed by atoms with E-state index in [1.807, 2.05) is 19.9 Å². The molecule has 0 saturated heterocycles. The third-order valence-electron chi connectivity index (χ3n) is 3.96. The number of rotatable bonds is 2. The highest BCUT2D eigenvalue weighted by Crippen LogP contribution is 2.30. The van der Waals surface area contributed by atoms with E-state index in [-0.39, 0.29) is 11.9 Å². The van der Waals surface area contributed by atoms with Crippen molar-refractivity contribution < 1.29 is 4.79 Å². The van der Waals surface area contributed by atoms with E-state index in [0.29, 0.717) is 0 Å². The van der Waals surface area contributed by atoms with E-state index in [4.69, 9.17) is 0 Å². The molecule has 2 aromatic rings. The first-order chi connectivity index (χ1) is 9.65. The van der Waals surface area contributed by atoms with Crippen molar-refractivity contribution >= 4 is 17.2 Å². The van der Waals surface area contributed by atoms with Crippen LogP contribution < -0.4 is 5.32 Å². The van der Waals surface area contributed by atoms with Crippen molar-refractivity contribution in [3.05, 3.63) is 56.8 Å². The largest absolute Gasteiger partial charge is 0.345 e. The van der Waals surface area contributed by atoms with Crippen LogP contribution in [0.15, 0.2) is 30.3 Å². The Labute approximate surface area is 123 Å². The lowest BCUT2D eigenvalue weighted by molar-refractivity contribution is 0.0932. The summed E-state index contributed by atoms with van der Waals surface area (Å²) in [6, 6.07) is 10.6. The van der Waals surface area contributed by atoms with Gasteiger partial charge >= 0.3 is 0 Å². The monoisotopic (exact) mass is 285 g/mol. The van der Waals surface area contributed by atoms with Crippen LogP contribution in [0.5, 0.6) is 0 Å². The number of hydrogen-bond acceptors (Lipinski definition) is 2. The van der Waals surface area contributed by atoms with Crippen LogP contribution in [-0.2, 0) is 6.42 Å². The highest BCUT2D eigenvalue weighted by atomic mass is 32.1. The van der Waals surface area contributed by atoms with Crippen LogP contribution in [0.1, 0.15) is 50.1 Å². The number of thiophene rings is 1. The molecule has 1 aliphatic rings. The normalized spacial score (nSPS) is 17.6. The molecule has 1 N–H and O–H groups in total. The fourth-order valence-corrected chi connectivity index (χ4v) is 3.92. The van der Waals surface area contributed by atoms with Crippen LogP contribution in [-0.4, -0.2) is 5.91 Å². The number of benzene rings is 1. The smallest absolute Gasteiger partial charge is 0.252 e. The highest BCUT2D eigenvalue weighted by Gasteiger charge is 2.22. The molecule has 1 heterocycles. The topological polar surface area (TPSA) is 29.1 Å². The minimum Gasteiger partial charge on any atom is -0.345 e. The molecule has 1 aliphatic carbocycles. The van der Waals surface area contributed by atoms with Crippen LogP contribution in [0.25, 0.3) is 0 Å². The predicted molar refractivity (Wildman–Crippen MR) is 83.4 cm³/mol. The second-order valence-electron chi connectivity index (χ2n) is 5.44. The van der Waals surface area contributed by atoms with Crippen molar-refractivity contribution in [1.82, 2.24) is 5.32 Å². The molecule has 0 bridgehead atoms. The van der Waals surface area contributed by atoms with Crippen molar-refractivity contribution in [3.63, 3.8) is 0 Å². The number of fused-ring (bicyclic) bond motifs is 1. The third-order valence-corrected chi connectivity index (χ3v) is 4.93. The van der Waals surface area contributed by atoms with Crippen molar-refractivity contribution in [3.8, 4) is 0 Å². The zero-order valence-corrected chi connectivity index (χ0v) is 12.7. The summed E-state index contributed by atoms with van der Waals surface area (Å²) >= 11 is 1.68. The van der Waals surface area contributed by atoms with Gasteiger partial charge in [0.25, 0.3) is 5.91 Å². The zero-order valence-electron chi connectivity index (χ0n) is 11.9. The summed E-state index contributed by atoms with van der Waals surface area (Å²) in [5, 5.41) is 3.21. The highest BCUT2D eigenvalue weighted by molar-refractivity contribution is 7.12. The molecule has 0 aliphatic heterocycles. The Kier molecular flexibility index (Phi) is 3.62. The summed E-state index contributed by atoms with van der Waals surface area (Å²) in [4.78, 5) is 14.7. The standard InChI is InChI=1S/C17H19NOS/c1-11-10-15(12(2)20-11)17(19)18-16-9-5-7-13-6-3-4-8-14(13)16/h3-4,6,8,10,16H,5,7,9H2,1-2H3,(H,18,19). The fourth-order valence-electron chi connectivity index (χ4n) is 3.00. The van der Waals surface area contributed by atoms with Gasteiger partial charge in [0.15, 0.2) is 0 Å². The summed E-state index contributed by atoms with van der Waals surface area (Å²) in [7, 11) is 0. The Morgan fingerprint density at radius 2 is 2.10 bits per heavy atom. The molecular weight excluding hydrogens is 266 g/mol. The van der Waals surface area contributed by atoms with E-state index in [1.54, 1.807) is 11.3 Å². The summed E-state index contributed by atoms with van der Waals surface area (Å²) in [5.74, 6) is 0.0635. The minimum absolute atomic E-state index is 0.0635. The molecule has 20 heavy (non-hydrogen) atoms. The van der Waals surface area contributed by atoms with Crippen LogP contribution in [0.2, 0.25) is 0 Å².